The first-order valence-corrected chi connectivity index (χ1v) is 7.92. The van der Waals surface area contributed by atoms with Crippen LogP contribution in [-0.2, 0) is 0 Å². The van der Waals surface area contributed by atoms with Crippen molar-refractivity contribution in [3.05, 3.63) is 40.3 Å². The van der Waals surface area contributed by atoms with E-state index in [2.05, 4.69) is 47.3 Å². The van der Waals surface area contributed by atoms with Crippen molar-refractivity contribution in [2.24, 2.45) is 0 Å². The van der Waals surface area contributed by atoms with Gasteiger partial charge in [-0.2, -0.15) is 0 Å². The molecule has 3 aromatic rings. The normalized spacial score (nSPS) is 12.7. The number of hydrogen-bond donors (Lipinski definition) is 1. The first-order chi connectivity index (χ1) is 9.22. The SMILES string of the molecule is Cc1ccc2nc(NCC(C)c3nccs3)sc2c1. The number of hydrogen-bond acceptors (Lipinski definition) is 5. The number of benzene rings is 1. The number of thiazole rings is 2. The van der Waals surface area contributed by atoms with Gasteiger partial charge < -0.3 is 5.32 Å². The summed E-state index contributed by atoms with van der Waals surface area (Å²) in [6, 6.07) is 6.36. The highest BCUT2D eigenvalue weighted by Crippen LogP contribution is 2.27. The van der Waals surface area contributed by atoms with Gasteiger partial charge in [-0.25, -0.2) is 9.97 Å². The van der Waals surface area contributed by atoms with E-state index in [9.17, 15) is 0 Å². The van der Waals surface area contributed by atoms with E-state index in [0.29, 0.717) is 5.92 Å². The van der Waals surface area contributed by atoms with Gasteiger partial charge in [0.05, 0.1) is 15.2 Å². The first-order valence-electron chi connectivity index (χ1n) is 6.23. The van der Waals surface area contributed by atoms with Crippen LogP contribution in [0.2, 0.25) is 0 Å². The molecule has 2 aromatic heterocycles. The molecule has 0 aliphatic heterocycles. The molecule has 3 nitrogen and oxygen atoms in total. The van der Waals surface area contributed by atoms with Gasteiger partial charge in [0.1, 0.15) is 0 Å². The van der Waals surface area contributed by atoms with Crippen LogP contribution in [0.1, 0.15) is 23.4 Å². The van der Waals surface area contributed by atoms with Crippen LogP contribution in [0, 0.1) is 6.92 Å². The van der Waals surface area contributed by atoms with Crippen molar-refractivity contribution in [2.75, 3.05) is 11.9 Å². The molecule has 0 saturated heterocycles. The summed E-state index contributed by atoms with van der Waals surface area (Å²) in [6.45, 7) is 5.16. The van der Waals surface area contributed by atoms with Crippen molar-refractivity contribution in [3.63, 3.8) is 0 Å². The van der Waals surface area contributed by atoms with Gasteiger partial charge in [-0.1, -0.05) is 24.3 Å². The summed E-state index contributed by atoms with van der Waals surface area (Å²) >= 11 is 3.42. The Labute approximate surface area is 120 Å². The van der Waals surface area contributed by atoms with E-state index < -0.39 is 0 Å². The number of fused-ring (bicyclic) bond motifs is 1. The second-order valence-corrected chi connectivity index (χ2v) is 6.60. The summed E-state index contributed by atoms with van der Waals surface area (Å²) in [4.78, 5) is 8.94. The van der Waals surface area contributed by atoms with Gasteiger partial charge in [-0.05, 0) is 24.6 Å². The Bertz CT molecular complexity index is 673. The minimum atomic E-state index is 0.411. The van der Waals surface area contributed by atoms with Crippen molar-refractivity contribution in [1.82, 2.24) is 9.97 Å². The lowest BCUT2D eigenvalue weighted by atomic mass is 10.2. The Morgan fingerprint density at radius 3 is 3.05 bits per heavy atom. The molecule has 19 heavy (non-hydrogen) atoms. The van der Waals surface area contributed by atoms with E-state index in [1.165, 1.54) is 15.3 Å². The Morgan fingerprint density at radius 1 is 1.37 bits per heavy atom. The van der Waals surface area contributed by atoms with E-state index >= 15 is 0 Å². The van der Waals surface area contributed by atoms with Crippen molar-refractivity contribution in [2.45, 2.75) is 19.8 Å². The number of aromatic nitrogens is 2. The lowest BCUT2D eigenvalue weighted by Crippen LogP contribution is -2.09. The Morgan fingerprint density at radius 2 is 2.26 bits per heavy atom. The van der Waals surface area contributed by atoms with Crippen molar-refractivity contribution >= 4 is 38.0 Å². The third-order valence-electron chi connectivity index (χ3n) is 2.98. The maximum atomic E-state index is 4.60. The molecule has 0 radical (unpaired) electrons. The highest BCUT2D eigenvalue weighted by atomic mass is 32.1. The molecule has 5 heteroatoms. The Hall–Kier alpha value is -1.46. The third kappa shape index (κ3) is 2.77. The van der Waals surface area contributed by atoms with E-state index in [-0.39, 0.29) is 0 Å². The molecular weight excluding hydrogens is 274 g/mol. The average Bonchev–Trinajstić information content (AvgIpc) is 3.04. The zero-order valence-electron chi connectivity index (χ0n) is 10.9. The molecule has 1 unspecified atom stereocenters. The average molecular weight is 289 g/mol. The second-order valence-electron chi connectivity index (χ2n) is 4.64. The van der Waals surface area contributed by atoms with Crippen LogP contribution in [0.15, 0.2) is 29.8 Å². The molecule has 1 atom stereocenters. The summed E-state index contributed by atoms with van der Waals surface area (Å²) in [6.07, 6.45) is 1.86. The van der Waals surface area contributed by atoms with Gasteiger partial charge in [0.2, 0.25) is 0 Å². The van der Waals surface area contributed by atoms with E-state index in [4.69, 9.17) is 0 Å². The molecule has 0 aliphatic rings. The fourth-order valence-corrected chi connectivity index (χ4v) is 3.58. The smallest absolute Gasteiger partial charge is 0.183 e. The van der Waals surface area contributed by atoms with Crippen molar-refractivity contribution in [3.8, 4) is 0 Å². The largest absolute Gasteiger partial charge is 0.361 e. The molecule has 0 amide bonds. The molecule has 0 bridgehead atoms. The van der Waals surface area contributed by atoms with Gasteiger partial charge >= 0.3 is 0 Å². The maximum Gasteiger partial charge on any atom is 0.183 e. The molecule has 1 aromatic carbocycles. The van der Waals surface area contributed by atoms with E-state index in [1.54, 1.807) is 22.7 Å². The summed E-state index contributed by atoms with van der Waals surface area (Å²) in [7, 11) is 0. The monoisotopic (exact) mass is 289 g/mol. The van der Waals surface area contributed by atoms with E-state index in [0.717, 1.165) is 17.2 Å². The van der Waals surface area contributed by atoms with Gasteiger partial charge in [0, 0.05) is 24.0 Å². The predicted octanol–water partition coefficient (Wildman–Crippen LogP) is 4.28. The van der Waals surface area contributed by atoms with Crippen LogP contribution in [0.5, 0.6) is 0 Å². The zero-order chi connectivity index (χ0) is 13.2. The summed E-state index contributed by atoms with van der Waals surface area (Å²) < 4.78 is 1.24. The topological polar surface area (TPSA) is 37.8 Å². The van der Waals surface area contributed by atoms with Crippen molar-refractivity contribution < 1.29 is 0 Å². The fraction of sp³-hybridized carbons (Fsp3) is 0.286. The number of rotatable bonds is 4. The lowest BCUT2D eigenvalue weighted by molar-refractivity contribution is 0.794. The fourth-order valence-electron chi connectivity index (χ4n) is 1.91. The molecular formula is C14H15N3S2. The molecule has 1 N–H and O–H groups in total. The number of anilines is 1. The molecule has 98 valence electrons. The van der Waals surface area contributed by atoms with Gasteiger partial charge in [-0.3, -0.25) is 0 Å². The Kier molecular flexibility index (Phi) is 3.48. The molecule has 0 aliphatic carbocycles. The van der Waals surface area contributed by atoms with Crippen LogP contribution in [-0.4, -0.2) is 16.5 Å². The second kappa shape index (κ2) is 5.27. The van der Waals surface area contributed by atoms with Crippen molar-refractivity contribution in [1.29, 1.82) is 0 Å². The van der Waals surface area contributed by atoms with Gasteiger partial charge in [0.15, 0.2) is 5.13 Å². The van der Waals surface area contributed by atoms with E-state index in [1.807, 2.05) is 11.6 Å². The third-order valence-corrected chi connectivity index (χ3v) is 4.96. The predicted molar refractivity (Wildman–Crippen MR) is 83.4 cm³/mol. The first kappa shape index (κ1) is 12.6. The quantitative estimate of drug-likeness (QED) is 0.779. The summed E-state index contributed by atoms with van der Waals surface area (Å²) in [5.41, 5.74) is 2.35. The van der Waals surface area contributed by atoms with Crippen LogP contribution < -0.4 is 5.32 Å². The highest BCUT2D eigenvalue weighted by molar-refractivity contribution is 7.22. The molecule has 0 saturated carbocycles. The lowest BCUT2D eigenvalue weighted by Gasteiger charge is -2.08. The van der Waals surface area contributed by atoms with Gasteiger partial charge in [0.25, 0.3) is 0 Å². The zero-order valence-corrected chi connectivity index (χ0v) is 12.5. The van der Waals surface area contributed by atoms with Crippen LogP contribution in [0.25, 0.3) is 10.2 Å². The summed E-state index contributed by atoms with van der Waals surface area (Å²) in [5, 5.41) is 7.60. The molecule has 0 spiro atoms. The molecule has 3 rings (SSSR count). The Balaban J connectivity index is 1.71. The standard InChI is InChI=1S/C14H15N3S2/c1-9-3-4-11-12(7-9)19-14(17-11)16-8-10(2)13-15-5-6-18-13/h3-7,10H,8H2,1-2H3,(H,16,17). The van der Waals surface area contributed by atoms with Gasteiger partial charge in [-0.15, -0.1) is 11.3 Å². The van der Waals surface area contributed by atoms with Crippen LogP contribution in [0.3, 0.4) is 0 Å². The van der Waals surface area contributed by atoms with Crippen LogP contribution in [0.4, 0.5) is 5.13 Å². The minimum Gasteiger partial charge on any atom is -0.361 e. The number of aryl methyl sites for hydroxylation is 1. The molecule has 0 fully saturated rings. The minimum absolute atomic E-state index is 0.411. The highest BCUT2D eigenvalue weighted by Gasteiger charge is 2.09. The maximum absolute atomic E-state index is 4.60. The van der Waals surface area contributed by atoms with Crippen LogP contribution >= 0.6 is 22.7 Å². The summed E-state index contributed by atoms with van der Waals surface area (Å²) in [5.74, 6) is 0.411. The molecule has 2 heterocycles. The number of nitrogens with zero attached hydrogens (tertiary/aromatic N) is 2. The number of nitrogens with one attached hydrogen (secondary N) is 1.